The van der Waals surface area contributed by atoms with E-state index in [1.807, 2.05) is 29.2 Å². The number of carbonyl (C=O) groups is 2. The molecule has 0 unspecified atom stereocenters. The number of benzene rings is 2. The molecule has 2 N–H and O–H groups in total. The van der Waals surface area contributed by atoms with Crippen LogP contribution in [0.15, 0.2) is 48.5 Å². The second-order valence-electron chi connectivity index (χ2n) is 7.14. The smallest absolute Gasteiger partial charge is 0.289 e. The average Bonchev–Trinajstić information content (AvgIpc) is 3.17. The summed E-state index contributed by atoms with van der Waals surface area (Å²) in [6.07, 6.45) is 2.19. The Labute approximate surface area is 173 Å². The molecule has 30 heavy (non-hydrogen) atoms. The fraction of sp³-hybridized carbons (Fsp3) is 0.273. The van der Waals surface area contributed by atoms with Crippen LogP contribution < -0.4 is 10.6 Å². The molecule has 4 rings (SSSR count). The normalized spacial score (nSPS) is 13.6. The SMILES string of the molecule is O=C(NCCCN1CCCC1=O)c1nc(Nc2ccc(F)cc2)c2ccccc2n1. The third-order valence-corrected chi connectivity index (χ3v) is 4.98. The molecule has 0 bridgehead atoms. The maximum absolute atomic E-state index is 13.2. The Kier molecular flexibility index (Phi) is 5.83. The number of carbonyl (C=O) groups excluding carboxylic acids is 2. The first-order valence-corrected chi connectivity index (χ1v) is 9.95. The van der Waals surface area contributed by atoms with Gasteiger partial charge in [0.1, 0.15) is 11.6 Å². The fourth-order valence-electron chi connectivity index (χ4n) is 3.43. The van der Waals surface area contributed by atoms with Crippen molar-refractivity contribution in [2.75, 3.05) is 25.0 Å². The highest BCUT2D eigenvalue weighted by Gasteiger charge is 2.19. The Bertz CT molecular complexity index is 1070. The molecular formula is C22H22FN5O2. The second kappa shape index (κ2) is 8.86. The standard InChI is InChI=1S/C22H22FN5O2/c23-15-8-10-16(11-9-15)25-20-17-5-1-2-6-18(17)26-21(27-20)22(30)24-12-4-14-28-13-3-7-19(28)29/h1-2,5-6,8-11H,3-4,7,12-14H2,(H,24,30)(H,25,26,27). The Morgan fingerprint density at radius 1 is 1.10 bits per heavy atom. The van der Waals surface area contributed by atoms with Crippen LogP contribution in [0.2, 0.25) is 0 Å². The summed E-state index contributed by atoms with van der Waals surface area (Å²) in [6, 6.07) is 13.3. The van der Waals surface area contributed by atoms with Gasteiger partial charge in [-0.05, 0) is 49.2 Å². The van der Waals surface area contributed by atoms with Crippen molar-refractivity contribution >= 4 is 34.2 Å². The molecule has 1 fully saturated rings. The van der Waals surface area contributed by atoms with Gasteiger partial charge in [-0.1, -0.05) is 12.1 Å². The monoisotopic (exact) mass is 407 g/mol. The number of likely N-dealkylation sites (tertiary alicyclic amines) is 1. The highest BCUT2D eigenvalue weighted by molar-refractivity contribution is 5.97. The lowest BCUT2D eigenvalue weighted by molar-refractivity contribution is -0.127. The minimum absolute atomic E-state index is 0.0514. The molecule has 0 saturated carbocycles. The molecule has 1 aliphatic rings. The molecule has 154 valence electrons. The minimum Gasteiger partial charge on any atom is -0.349 e. The number of para-hydroxylation sites is 1. The molecule has 2 amide bonds. The van der Waals surface area contributed by atoms with Crippen LogP contribution >= 0.6 is 0 Å². The summed E-state index contributed by atoms with van der Waals surface area (Å²) >= 11 is 0. The molecule has 1 aromatic heterocycles. The van der Waals surface area contributed by atoms with E-state index in [1.54, 1.807) is 12.1 Å². The summed E-state index contributed by atoms with van der Waals surface area (Å²) in [6.45, 7) is 1.85. The molecule has 8 heteroatoms. The van der Waals surface area contributed by atoms with Gasteiger partial charge in [-0.2, -0.15) is 0 Å². The van der Waals surface area contributed by atoms with E-state index in [2.05, 4.69) is 20.6 Å². The second-order valence-corrected chi connectivity index (χ2v) is 7.14. The van der Waals surface area contributed by atoms with Gasteiger partial charge in [0, 0.05) is 37.1 Å². The molecule has 1 saturated heterocycles. The van der Waals surface area contributed by atoms with Crippen LogP contribution in [0.5, 0.6) is 0 Å². The van der Waals surface area contributed by atoms with E-state index in [4.69, 9.17) is 0 Å². The Balaban J connectivity index is 1.47. The van der Waals surface area contributed by atoms with Crippen molar-refractivity contribution in [2.24, 2.45) is 0 Å². The van der Waals surface area contributed by atoms with Crippen LogP contribution in [-0.2, 0) is 4.79 Å². The first-order valence-electron chi connectivity index (χ1n) is 9.95. The van der Waals surface area contributed by atoms with Crippen molar-refractivity contribution < 1.29 is 14.0 Å². The molecule has 1 aliphatic heterocycles. The molecular weight excluding hydrogens is 385 g/mol. The summed E-state index contributed by atoms with van der Waals surface area (Å²) in [5, 5.41) is 6.71. The van der Waals surface area contributed by atoms with Crippen molar-refractivity contribution in [1.82, 2.24) is 20.2 Å². The van der Waals surface area contributed by atoms with E-state index in [0.29, 0.717) is 43.0 Å². The quantitative estimate of drug-likeness (QED) is 0.587. The van der Waals surface area contributed by atoms with Gasteiger partial charge >= 0.3 is 0 Å². The van der Waals surface area contributed by atoms with Crippen molar-refractivity contribution in [1.29, 1.82) is 0 Å². The Morgan fingerprint density at radius 3 is 2.67 bits per heavy atom. The highest BCUT2D eigenvalue weighted by atomic mass is 19.1. The number of aromatic nitrogens is 2. The Morgan fingerprint density at radius 2 is 1.90 bits per heavy atom. The van der Waals surface area contributed by atoms with Gasteiger partial charge < -0.3 is 15.5 Å². The molecule has 2 aromatic carbocycles. The van der Waals surface area contributed by atoms with E-state index in [0.717, 1.165) is 18.4 Å². The maximum Gasteiger partial charge on any atom is 0.289 e. The van der Waals surface area contributed by atoms with Crippen molar-refractivity contribution in [3.8, 4) is 0 Å². The topological polar surface area (TPSA) is 87.2 Å². The van der Waals surface area contributed by atoms with E-state index in [1.165, 1.54) is 12.1 Å². The van der Waals surface area contributed by atoms with Crippen molar-refractivity contribution in [3.05, 3.63) is 60.2 Å². The zero-order valence-corrected chi connectivity index (χ0v) is 16.4. The summed E-state index contributed by atoms with van der Waals surface area (Å²) in [7, 11) is 0. The van der Waals surface area contributed by atoms with E-state index >= 15 is 0 Å². The Hall–Kier alpha value is -3.55. The number of rotatable bonds is 7. The lowest BCUT2D eigenvalue weighted by atomic mass is 10.2. The lowest BCUT2D eigenvalue weighted by Crippen LogP contribution is -2.31. The van der Waals surface area contributed by atoms with Gasteiger partial charge in [0.2, 0.25) is 11.7 Å². The fourth-order valence-corrected chi connectivity index (χ4v) is 3.43. The van der Waals surface area contributed by atoms with Gasteiger partial charge in [0.05, 0.1) is 5.52 Å². The number of nitrogens with one attached hydrogen (secondary N) is 2. The molecule has 0 radical (unpaired) electrons. The van der Waals surface area contributed by atoms with Gasteiger partial charge in [-0.25, -0.2) is 14.4 Å². The predicted octanol–water partition coefficient (Wildman–Crippen LogP) is 3.25. The lowest BCUT2D eigenvalue weighted by Gasteiger charge is -2.15. The first-order chi connectivity index (χ1) is 14.6. The number of halogens is 1. The minimum atomic E-state index is -0.379. The third kappa shape index (κ3) is 4.53. The average molecular weight is 407 g/mol. The summed E-state index contributed by atoms with van der Waals surface area (Å²) in [5.41, 5.74) is 1.28. The summed E-state index contributed by atoms with van der Waals surface area (Å²) < 4.78 is 13.2. The predicted molar refractivity (Wildman–Crippen MR) is 112 cm³/mol. The van der Waals surface area contributed by atoms with Crippen LogP contribution in [-0.4, -0.2) is 46.3 Å². The molecule has 2 heterocycles. The number of amides is 2. The molecule has 0 atom stereocenters. The summed E-state index contributed by atoms with van der Waals surface area (Å²) in [4.78, 5) is 34.8. The number of hydrogen-bond donors (Lipinski definition) is 2. The molecule has 0 aliphatic carbocycles. The van der Waals surface area contributed by atoms with Gasteiger partial charge in [-0.15, -0.1) is 0 Å². The van der Waals surface area contributed by atoms with Crippen molar-refractivity contribution in [2.45, 2.75) is 19.3 Å². The van der Waals surface area contributed by atoms with E-state index in [9.17, 15) is 14.0 Å². The number of anilines is 2. The number of nitrogens with zero attached hydrogens (tertiary/aromatic N) is 3. The molecule has 0 spiro atoms. The van der Waals surface area contributed by atoms with Gasteiger partial charge in [-0.3, -0.25) is 9.59 Å². The number of fused-ring (bicyclic) bond motifs is 1. The van der Waals surface area contributed by atoms with Crippen LogP contribution in [0.25, 0.3) is 10.9 Å². The van der Waals surface area contributed by atoms with Crippen LogP contribution in [0.1, 0.15) is 29.9 Å². The van der Waals surface area contributed by atoms with Crippen LogP contribution in [0.3, 0.4) is 0 Å². The van der Waals surface area contributed by atoms with Gasteiger partial charge in [0.25, 0.3) is 5.91 Å². The third-order valence-electron chi connectivity index (χ3n) is 4.98. The van der Waals surface area contributed by atoms with Crippen LogP contribution in [0.4, 0.5) is 15.9 Å². The van der Waals surface area contributed by atoms with E-state index in [-0.39, 0.29) is 23.5 Å². The number of hydrogen-bond acceptors (Lipinski definition) is 5. The zero-order chi connectivity index (χ0) is 20.9. The zero-order valence-electron chi connectivity index (χ0n) is 16.4. The first kappa shape index (κ1) is 19.8. The highest BCUT2D eigenvalue weighted by Crippen LogP contribution is 2.24. The van der Waals surface area contributed by atoms with Crippen molar-refractivity contribution in [3.63, 3.8) is 0 Å². The largest absolute Gasteiger partial charge is 0.349 e. The summed E-state index contributed by atoms with van der Waals surface area (Å²) in [5.74, 6) is -0.00858. The maximum atomic E-state index is 13.2. The van der Waals surface area contributed by atoms with E-state index < -0.39 is 0 Å². The van der Waals surface area contributed by atoms with Gasteiger partial charge in [0.15, 0.2) is 0 Å². The molecule has 7 nitrogen and oxygen atoms in total. The van der Waals surface area contributed by atoms with Crippen LogP contribution in [0, 0.1) is 5.82 Å². The molecule has 3 aromatic rings.